The number of carbonyl (C=O) groups excluding carboxylic acids is 1. The summed E-state index contributed by atoms with van der Waals surface area (Å²) in [5.41, 5.74) is 0. The van der Waals surface area contributed by atoms with E-state index >= 15 is 0 Å². The maximum absolute atomic E-state index is 12.5. The quantitative estimate of drug-likeness (QED) is 0.0340. The third-order valence-corrected chi connectivity index (χ3v) is 9.73. The van der Waals surface area contributed by atoms with E-state index in [1.807, 2.05) is 6.08 Å². The van der Waals surface area contributed by atoms with Crippen LogP contribution in [0, 0.1) is 0 Å². The minimum absolute atomic E-state index is 0.277. The highest BCUT2D eigenvalue weighted by molar-refractivity contribution is 7.85. The SMILES string of the molecule is CC/C=C\C/C=C\C/C=C\C/C=C\CCCCCCCCC(=O)NC(CS(=O)(=O)O)C(O)/C=C/CCCCCCCCCCCCCCCC. The summed E-state index contributed by atoms with van der Waals surface area (Å²) < 4.78 is 32.5. The third-order valence-electron chi connectivity index (χ3n) is 8.95. The van der Waals surface area contributed by atoms with Crippen molar-refractivity contribution in [2.24, 2.45) is 0 Å². The van der Waals surface area contributed by atoms with Crippen LogP contribution in [0.5, 0.6) is 0 Å². The molecular formula is C43H77NO5S. The van der Waals surface area contributed by atoms with E-state index in [1.54, 1.807) is 6.08 Å². The Kier molecular flexibility index (Phi) is 35.4. The van der Waals surface area contributed by atoms with Gasteiger partial charge in [0.05, 0.1) is 17.9 Å². The van der Waals surface area contributed by atoms with Crippen LogP contribution in [0.25, 0.3) is 0 Å². The number of allylic oxidation sites excluding steroid dienone is 9. The molecule has 6 nitrogen and oxygen atoms in total. The van der Waals surface area contributed by atoms with Gasteiger partial charge in [0, 0.05) is 6.42 Å². The molecule has 7 heteroatoms. The van der Waals surface area contributed by atoms with Crippen molar-refractivity contribution in [1.82, 2.24) is 5.32 Å². The fourth-order valence-electron chi connectivity index (χ4n) is 5.91. The third kappa shape index (κ3) is 37.3. The van der Waals surface area contributed by atoms with Gasteiger partial charge in [-0.25, -0.2) is 0 Å². The predicted octanol–water partition coefficient (Wildman–Crippen LogP) is 12.1. The van der Waals surface area contributed by atoms with Gasteiger partial charge in [0.25, 0.3) is 10.1 Å². The molecule has 50 heavy (non-hydrogen) atoms. The summed E-state index contributed by atoms with van der Waals surface area (Å²) in [6, 6.07) is -1.07. The summed E-state index contributed by atoms with van der Waals surface area (Å²) in [5.74, 6) is -1.00. The summed E-state index contributed by atoms with van der Waals surface area (Å²) in [5, 5.41) is 13.2. The molecule has 290 valence electrons. The van der Waals surface area contributed by atoms with Crippen LogP contribution in [-0.4, -0.2) is 41.9 Å². The molecule has 3 N–H and O–H groups in total. The first-order valence-corrected chi connectivity index (χ1v) is 22.1. The van der Waals surface area contributed by atoms with Crippen molar-refractivity contribution in [3.8, 4) is 0 Å². The Labute approximate surface area is 309 Å². The van der Waals surface area contributed by atoms with Gasteiger partial charge in [0.1, 0.15) is 0 Å². The molecule has 0 heterocycles. The number of rotatable bonds is 36. The maximum atomic E-state index is 12.5. The van der Waals surface area contributed by atoms with Gasteiger partial charge in [-0.2, -0.15) is 8.42 Å². The number of carbonyl (C=O) groups is 1. The van der Waals surface area contributed by atoms with E-state index in [4.69, 9.17) is 0 Å². The van der Waals surface area contributed by atoms with Gasteiger partial charge in [-0.05, 0) is 57.8 Å². The zero-order valence-electron chi connectivity index (χ0n) is 32.3. The van der Waals surface area contributed by atoms with Crippen LogP contribution in [0.2, 0.25) is 0 Å². The lowest BCUT2D eigenvalue weighted by molar-refractivity contribution is -0.122. The van der Waals surface area contributed by atoms with Gasteiger partial charge >= 0.3 is 0 Å². The Hall–Kier alpha value is -1.96. The molecule has 0 aliphatic heterocycles. The zero-order valence-corrected chi connectivity index (χ0v) is 33.1. The summed E-state index contributed by atoms with van der Waals surface area (Å²) in [6.07, 6.45) is 50.5. The van der Waals surface area contributed by atoms with Crippen LogP contribution >= 0.6 is 0 Å². The number of hydrogen-bond acceptors (Lipinski definition) is 4. The largest absolute Gasteiger partial charge is 0.387 e. The van der Waals surface area contributed by atoms with E-state index < -0.39 is 28.0 Å². The summed E-state index contributed by atoms with van der Waals surface area (Å²) in [4.78, 5) is 12.5. The van der Waals surface area contributed by atoms with Gasteiger partial charge in [0.15, 0.2) is 0 Å². The first-order chi connectivity index (χ1) is 24.3. The first kappa shape index (κ1) is 48.0. The molecule has 0 aliphatic carbocycles. The van der Waals surface area contributed by atoms with E-state index in [9.17, 15) is 22.9 Å². The Morgan fingerprint density at radius 2 is 0.960 bits per heavy atom. The molecule has 2 unspecified atom stereocenters. The average molecular weight is 720 g/mol. The highest BCUT2D eigenvalue weighted by Crippen LogP contribution is 2.14. The minimum atomic E-state index is -4.35. The predicted molar refractivity (Wildman–Crippen MR) is 216 cm³/mol. The summed E-state index contributed by atoms with van der Waals surface area (Å²) in [7, 11) is -4.35. The van der Waals surface area contributed by atoms with Crippen molar-refractivity contribution in [1.29, 1.82) is 0 Å². The molecule has 0 saturated carbocycles. The molecule has 2 atom stereocenters. The zero-order chi connectivity index (χ0) is 36.8. The van der Waals surface area contributed by atoms with Crippen molar-refractivity contribution < 1.29 is 22.9 Å². The number of aliphatic hydroxyl groups is 1. The second kappa shape index (κ2) is 36.8. The molecule has 0 bridgehead atoms. The van der Waals surface area contributed by atoms with Crippen LogP contribution in [0.4, 0.5) is 0 Å². The Balaban J connectivity index is 3.97. The Morgan fingerprint density at radius 3 is 1.42 bits per heavy atom. The number of aliphatic hydroxyl groups excluding tert-OH is 1. The number of unbranched alkanes of at least 4 members (excludes halogenated alkanes) is 20. The fourth-order valence-corrected chi connectivity index (χ4v) is 6.64. The molecule has 0 aromatic carbocycles. The van der Waals surface area contributed by atoms with E-state index in [-0.39, 0.29) is 12.3 Å². The van der Waals surface area contributed by atoms with Crippen molar-refractivity contribution in [2.75, 3.05) is 5.75 Å². The van der Waals surface area contributed by atoms with Gasteiger partial charge in [-0.1, -0.05) is 184 Å². The van der Waals surface area contributed by atoms with Gasteiger partial charge in [-0.15, -0.1) is 0 Å². The highest BCUT2D eigenvalue weighted by Gasteiger charge is 2.24. The molecule has 0 spiro atoms. The van der Waals surface area contributed by atoms with Crippen LogP contribution in [-0.2, 0) is 14.9 Å². The number of nitrogens with one attached hydrogen (secondary N) is 1. The number of hydrogen-bond donors (Lipinski definition) is 3. The van der Waals surface area contributed by atoms with Gasteiger partial charge < -0.3 is 10.4 Å². The summed E-state index contributed by atoms with van der Waals surface area (Å²) in [6.45, 7) is 4.41. The standard InChI is InChI=1S/C43H77NO5S/c1-3-5-7-9-11-13-15-17-19-21-22-23-25-27-29-31-33-35-37-39-43(46)44-41(40-50(47,48)49)42(45)38-36-34-32-30-28-26-24-20-18-16-14-12-10-8-6-4-2/h5,7,11,13,17,19,22-23,36,38,41-42,45H,3-4,6,8-10,12,14-16,18,20-21,24-35,37,39-40H2,1-2H3,(H,44,46)(H,47,48,49)/b7-5-,13-11-,19-17-,23-22-,38-36+. The van der Waals surface area contributed by atoms with Crippen molar-refractivity contribution in [3.63, 3.8) is 0 Å². The lowest BCUT2D eigenvalue weighted by Crippen LogP contribution is -2.46. The molecule has 0 aromatic heterocycles. The Bertz CT molecular complexity index is 1010. The monoisotopic (exact) mass is 720 g/mol. The van der Waals surface area contributed by atoms with Crippen LogP contribution < -0.4 is 5.32 Å². The maximum Gasteiger partial charge on any atom is 0.267 e. The lowest BCUT2D eigenvalue weighted by Gasteiger charge is -2.21. The average Bonchev–Trinajstić information content (AvgIpc) is 3.08. The topological polar surface area (TPSA) is 104 Å². The fraction of sp³-hybridized carbons (Fsp3) is 0.744. The van der Waals surface area contributed by atoms with Gasteiger partial charge in [-0.3, -0.25) is 9.35 Å². The second-order valence-electron chi connectivity index (χ2n) is 13.9. The molecule has 0 aliphatic rings. The molecular weight excluding hydrogens is 643 g/mol. The molecule has 0 saturated heterocycles. The van der Waals surface area contributed by atoms with Crippen molar-refractivity contribution in [2.45, 2.75) is 199 Å². The van der Waals surface area contributed by atoms with Crippen LogP contribution in [0.15, 0.2) is 60.8 Å². The second-order valence-corrected chi connectivity index (χ2v) is 15.4. The minimum Gasteiger partial charge on any atom is -0.387 e. The highest BCUT2D eigenvalue weighted by atomic mass is 32.2. The van der Waals surface area contributed by atoms with Crippen molar-refractivity contribution in [3.05, 3.63) is 60.8 Å². The molecule has 1 amide bonds. The van der Waals surface area contributed by atoms with Crippen LogP contribution in [0.1, 0.15) is 187 Å². The van der Waals surface area contributed by atoms with Gasteiger partial charge in [0.2, 0.25) is 5.91 Å². The normalized spacial score (nSPS) is 13.9. The first-order valence-electron chi connectivity index (χ1n) is 20.5. The van der Waals surface area contributed by atoms with E-state index in [0.717, 1.165) is 83.5 Å². The number of amides is 1. The summed E-state index contributed by atoms with van der Waals surface area (Å²) >= 11 is 0. The van der Waals surface area contributed by atoms with Crippen LogP contribution in [0.3, 0.4) is 0 Å². The molecule has 0 radical (unpaired) electrons. The van der Waals surface area contributed by atoms with E-state index in [1.165, 1.54) is 77.0 Å². The lowest BCUT2D eigenvalue weighted by atomic mass is 10.0. The molecule has 0 aromatic rings. The Morgan fingerprint density at radius 1 is 0.560 bits per heavy atom. The van der Waals surface area contributed by atoms with Crippen molar-refractivity contribution >= 4 is 16.0 Å². The van der Waals surface area contributed by atoms with E-state index in [0.29, 0.717) is 6.42 Å². The molecule has 0 rings (SSSR count). The van der Waals surface area contributed by atoms with E-state index in [2.05, 4.69) is 67.8 Å². The molecule has 0 fully saturated rings. The smallest absolute Gasteiger partial charge is 0.267 e.